The Bertz CT molecular complexity index is 640. The second-order valence-corrected chi connectivity index (χ2v) is 6.41. The third-order valence-electron chi connectivity index (χ3n) is 3.90. The van der Waals surface area contributed by atoms with E-state index in [9.17, 15) is 13.2 Å². The fourth-order valence-electron chi connectivity index (χ4n) is 2.47. The van der Waals surface area contributed by atoms with Gasteiger partial charge in [-0.05, 0) is 13.0 Å². The van der Waals surface area contributed by atoms with Crippen molar-refractivity contribution in [3.8, 4) is 5.88 Å². The lowest BCUT2D eigenvalue weighted by Crippen LogP contribution is -2.41. The van der Waals surface area contributed by atoms with E-state index in [1.54, 1.807) is 0 Å². The highest BCUT2D eigenvalue weighted by Crippen LogP contribution is 2.32. The number of rotatable bonds is 8. The summed E-state index contributed by atoms with van der Waals surface area (Å²) < 4.78 is 48.5. The van der Waals surface area contributed by atoms with Gasteiger partial charge in [0.1, 0.15) is 11.6 Å². The monoisotopic (exact) mass is 423 g/mol. The van der Waals surface area contributed by atoms with Crippen LogP contribution < -0.4 is 15.4 Å². The Hall–Kier alpha value is -1.78. The number of ether oxygens (including phenoxy) is 2. The number of guanidine groups is 1. The van der Waals surface area contributed by atoms with E-state index in [-0.39, 0.29) is 17.5 Å². The Balaban J connectivity index is 1.75. The van der Waals surface area contributed by atoms with Crippen molar-refractivity contribution in [1.29, 1.82) is 0 Å². The summed E-state index contributed by atoms with van der Waals surface area (Å²) in [5.41, 5.74) is -0.912. The molecule has 0 saturated carbocycles. The second-order valence-electron chi connectivity index (χ2n) is 6.00. The standard InChI is InChI=1S/C17H25ClF3N5O2/c1-2-22-16(23-3-5-26-6-9-27-10-7-26)24-4-8-28-15-14(18)11-13(12-25-15)17(19,20)21/h11-12H,2-10H2,1H3,(H2,22,23,24). The maximum Gasteiger partial charge on any atom is 0.417 e. The minimum absolute atomic E-state index is 0.0364. The summed E-state index contributed by atoms with van der Waals surface area (Å²) in [5.74, 6) is 0.608. The van der Waals surface area contributed by atoms with Gasteiger partial charge in [0.2, 0.25) is 5.88 Å². The lowest BCUT2D eigenvalue weighted by Gasteiger charge is -2.25. The Morgan fingerprint density at radius 3 is 2.75 bits per heavy atom. The first kappa shape index (κ1) is 22.5. The zero-order valence-electron chi connectivity index (χ0n) is 15.7. The summed E-state index contributed by atoms with van der Waals surface area (Å²) in [5, 5.41) is 6.05. The predicted molar refractivity (Wildman–Crippen MR) is 101 cm³/mol. The molecule has 28 heavy (non-hydrogen) atoms. The van der Waals surface area contributed by atoms with E-state index in [4.69, 9.17) is 21.1 Å². The molecule has 1 aliphatic heterocycles. The highest BCUT2D eigenvalue weighted by Gasteiger charge is 2.31. The second kappa shape index (κ2) is 11.3. The lowest BCUT2D eigenvalue weighted by atomic mass is 10.3. The van der Waals surface area contributed by atoms with Crippen molar-refractivity contribution in [2.24, 2.45) is 4.99 Å². The molecule has 158 valence electrons. The Kier molecular flexibility index (Phi) is 9.07. The molecule has 0 unspecified atom stereocenters. The van der Waals surface area contributed by atoms with Crippen LogP contribution in [0.1, 0.15) is 12.5 Å². The van der Waals surface area contributed by atoms with Gasteiger partial charge in [-0.3, -0.25) is 9.89 Å². The topological polar surface area (TPSA) is 71.0 Å². The van der Waals surface area contributed by atoms with E-state index in [0.717, 1.165) is 38.9 Å². The number of pyridine rings is 1. The van der Waals surface area contributed by atoms with Crippen LogP contribution in [0.15, 0.2) is 17.3 Å². The highest BCUT2D eigenvalue weighted by atomic mass is 35.5. The molecule has 1 aromatic rings. The van der Waals surface area contributed by atoms with E-state index >= 15 is 0 Å². The summed E-state index contributed by atoms with van der Waals surface area (Å²) in [6.45, 7) is 8.04. The molecule has 1 aromatic heterocycles. The minimum Gasteiger partial charge on any atom is -0.475 e. The molecular formula is C17H25ClF3N5O2. The van der Waals surface area contributed by atoms with Crippen LogP contribution in [0.4, 0.5) is 13.2 Å². The quantitative estimate of drug-likeness (QED) is 0.379. The molecule has 1 aliphatic rings. The fourth-order valence-corrected chi connectivity index (χ4v) is 2.69. The van der Waals surface area contributed by atoms with Gasteiger partial charge in [-0.15, -0.1) is 0 Å². The first-order valence-electron chi connectivity index (χ1n) is 9.08. The molecule has 0 aliphatic carbocycles. The van der Waals surface area contributed by atoms with E-state index in [2.05, 4.69) is 25.5 Å². The maximum atomic E-state index is 12.6. The van der Waals surface area contributed by atoms with Gasteiger partial charge >= 0.3 is 6.18 Å². The average Bonchev–Trinajstić information content (AvgIpc) is 2.66. The van der Waals surface area contributed by atoms with Crippen molar-refractivity contribution in [1.82, 2.24) is 20.5 Å². The molecule has 1 saturated heterocycles. The number of aliphatic imine (C=N–C) groups is 1. The van der Waals surface area contributed by atoms with Crippen LogP contribution in [0, 0.1) is 0 Å². The van der Waals surface area contributed by atoms with E-state index in [1.807, 2.05) is 6.92 Å². The molecule has 0 radical (unpaired) electrons. The number of aromatic nitrogens is 1. The van der Waals surface area contributed by atoms with Gasteiger partial charge in [0.15, 0.2) is 5.96 Å². The van der Waals surface area contributed by atoms with E-state index < -0.39 is 11.7 Å². The van der Waals surface area contributed by atoms with Crippen molar-refractivity contribution in [2.45, 2.75) is 13.1 Å². The third-order valence-corrected chi connectivity index (χ3v) is 4.17. The number of alkyl halides is 3. The summed E-state index contributed by atoms with van der Waals surface area (Å²) >= 11 is 5.81. The molecule has 0 amide bonds. The number of nitrogens with one attached hydrogen (secondary N) is 2. The predicted octanol–water partition coefficient (Wildman–Crippen LogP) is 2.02. The number of morpholine rings is 1. The van der Waals surface area contributed by atoms with Gasteiger partial charge in [0, 0.05) is 32.4 Å². The van der Waals surface area contributed by atoms with Crippen LogP contribution in [0.5, 0.6) is 5.88 Å². The fraction of sp³-hybridized carbons (Fsp3) is 0.647. The summed E-state index contributed by atoms with van der Waals surface area (Å²) in [4.78, 5) is 10.4. The molecule has 0 bridgehead atoms. The van der Waals surface area contributed by atoms with Gasteiger partial charge < -0.3 is 20.1 Å². The molecule has 2 N–H and O–H groups in total. The van der Waals surface area contributed by atoms with Crippen molar-refractivity contribution < 1.29 is 22.6 Å². The molecular weight excluding hydrogens is 399 g/mol. The molecule has 11 heteroatoms. The van der Waals surface area contributed by atoms with Crippen molar-refractivity contribution >= 4 is 17.6 Å². The molecule has 0 spiro atoms. The van der Waals surface area contributed by atoms with Gasteiger partial charge in [-0.2, -0.15) is 13.2 Å². The summed E-state index contributed by atoms with van der Waals surface area (Å²) in [6, 6.07) is 0.800. The smallest absolute Gasteiger partial charge is 0.417 e. The minimum atomic E-state index is -4.49. The zero-order chi connectivity index (χ0) is 20.4. The molecule has 1 fully saturated rings. The molecule has 0 aromatic carbocycles. The largest absolute Gasteiger partial charge is 0.475 e. The summed E-state index contributed by atoms with van der Waals surface area (Å²) in [7, 11) is 0. The Morgan fingerprint density at radius 2 is 2.11 bits per heavy atom. The first-order valence-corrected chi connectivity index (χ1v) is 9.45. The van der Waals surface area contributed by atoms with Crippen molar-refractivity contribution in [2.75, 3.05) is 59.1 Å². The van der Waals surface area contributed by atoms with Crippen LogP contribution in [-0.2, 0) is 10.9 Å². The summed E-state index contributed by atoms with van der Waals surface area (Å²) in [6.07, 6.45) is -3.79. The van der Waals surface area contributed by atoms with Crippen molar-refractivity contribution in [3.05, 3.63) is 22.8 Å². The first-order chi connectivity index (χ1) is 13.4. The Morgan fingerprint density at radius 1 is 1.36 bits per heavy atom. The Labute approximate surface area is 167 Å². The van der Waals surface area contributed by atoms with Crippen LogP contribution in [0.25, 0.3) is 0 Å². The lowest BCUT2D eigenvalue weighted by molar-refractivity contribution is -0.137. The van der Waals surface area contributed by atoms with Crippen LogP contribution in [-0.4, -0.2) is 74.9 Å². The van der Waals surface area contributed by atoms with Crippen LogP contribution >= 0.6 is 11.6 Å². The van der Waals surface area contributed by atoms with Gasteiger partial charge in [0.25, 0.3) is 0 Å². The van der Waals surface area contributed by atoms with Crippen LogP contribution in [0.3, 0.4) is 0 Å². The molecule has 2 heterocycles. The third kappa shape index (κ3) is 7.69. The van der Waals surface area contributed by atoms with E-state index in [0.29, 0.717) is 31.8 Å². The normalized spacial score (nSPS) is 16.1. The number of hydrogen-bond acceptors (Lipinski definition) is 5. The van der Waals surface area contributed by atoms with Gasteiger partial charge in [-0.25, -0.2) is 4.98 Å². The molecule has 0 atom stereocenters. The van der Waals surface area contributed by atoms with Gasteiger partial charge in [0.05, 0.1) is 31.9 Å². The molecule has 2 rings (SSSR count). The molecule has 7 nitrogen and oxygen atoms in total. The average molecular weight is 424 g/mol. The SMILES string of the molecule is CCNC(=NCCN1CCOCC1)NCCOc1ncc(C(F)(F)F)cc1Cl. The van der Waals surface area contributed by atoms with Crippen molar-refractivity contribution in [3.63, 3.8) is 0 Å². The van der Waals surface area contributed by atoms with E-state index in [1.165, 1.54) is 0 Å². The van der Waals surface area contributed by atoms with Crippen LogP contribution in [0.2, 0.25) is 5.02 Å². The zero-order valence-corrected chi connectivity index (χ0v) is 16.4. The number of nitrogens with zero attached hydrogens (tertiary/aromatic N) is 3. The van der Waals surface area contributed by atoms with Gasteiger partial charge in [-0.1, -0.05) is 11.6 Å². The number of hydrogen-bond donors (Lipinski definition) is 2. The number of halogens is 4. The maximum absolute atomic E-state index is 12.6. The highest BCUT2D eigenvalue weighted by molar-refractivity contribution is 6.31.